The molecule has 1 aliphatic heterocycles. The number of nitrogens with one attached hydrogen (secondary N) is 1. The molecule has 0 aromatic carbocycles. The topological polar surface area (TPSA) is 53.2 Å². The Bertz CT molecular complexity index is 538. The number of aryl methyl sites for hydroxylation is 1. The van der Waals surface area contributed by atoms with Crippen molar-refractivity contribution in [1.29, 1.82) is 0 Å². The second-order valence-electron chi connectivity index (χ2n) is 4.98. The van der Waals surface area contributed by atoms with Crippen LogP contribution >= 0.6 is 15.9 Å². The van der Waals surface area contributed by atoms with E-state index in [0.717, 1.165) is 18.7 Å². The van der Waals surface area contributed by atoms with E-state index in [1.165, 1.54) is 6.20 Å². The van der Waals surface area contributed by atoms with Crippen LogP contribution in [0.1, 0.15) is 36.3 Å². The van der Waals surface area contributed by atoms with E-state index in [4.69, 9.17) is 0 Å². The van der Waals surface area contributed by atoms with E-state index in [-0.39, 0.29) is 22.9 Å². The summed E-state index contributed by atoms with van der Waals surface area (Å²) in [6, 6.07) is 0.192. The predicted octanol–water partition coefficient (Wildman–Crippen LogP) is 2.32. The van der Waals surface area contributed by atoms with Crippen molar-refractivity contribution in [2.24, 2.45) is 5.92 Å². The SMILES string of the molecule is Cc1[nH]cc(C(=O)N2CC[C@@H](C)[C@H]2C)c(=O)c1Br. The van der Waals surface area contributed by atoms with Gasteiger partial charge >= 0.3 is 0 Å². The highest BCUT2D eigenvalue weighted by Crippen LogP contribution is 2.24. The van der Waals surface area contributed by atoms with Crippen LogP contribution in [0, 0.1) is 12.8 Å². The number of aromatic amines is 1. The van der Waals surface area contributed by atoms with Crippen LogP contribution in [0.3, 0.4) is 0 Å². The van der Waals surface area contributed by atoms with E-state index >= 15 is 0 Å². The van der Waals surface area contributed by atoms with Gasteiger partial charge in [-0.3, -0.25) is 9.59 Å². The van der Waals surface area contributed by atoms with Crippen molar-refractivity contribution >= 4 is 21.8 Å². The Kier molecular flexibility index (Phi) is 3.61. The first-order chi connectivity index (χ1) is 8.43. The van der Waals surface area contributed by atoms with Gasteiger partial charge in [0.1, 0.15) is 5.56 Å². The lowest BCUT2D eigenvalue weighted by Crippen LogP contribution is -2.38. The van der Waals surface area contributed by atoms with Crippen LogP contribution in [-0.2, 0) is 0 Å². The number of H-pyrrole nitrogens is 1. The number of nitrogens with zero attached hydrogens (tertiary/aromatic N) is 1. The van der Waals surface area contributed by atoms with Gasteiger partial charge in [-0.1, -0.05) is 6.92 Å². The first-order valence-corrected chi connectivity index (χ1v) is 6.91. The maximum absolute atomic E-state index is 12.4. The minimum atomic E-state index is -0.233. The summed E-state index contributed by atoms with van der Waals surface area (Å²) in [5.74, 6) is 0.315. The molecule has 1 fully saturated rings. The molecule has 0 radical (unpaired) electrons. The number of amides is 1. The van der Waals surface area contributed by atoms with Crippen molar-refractivity contribution in [1.82, 2.24) is 9.88 Å². The average molecular weight is 313 g/mol. The van der Waals surface area contributed by atoms with E-state index in [9.17, 15) is 9.59 Å². The molecular formula is C13H17BrN2O2. The highest BCUT2D eigenvalue weighted by atomic mass is 79.9. The Morgan fingerprint density at radius 3 is 2.72 bits per heavy atom. The Labute approximate surface area is 115 Å². The highest BCUT2D eigenvalue weighted by molar-refractivity contribution is 9.10. The van der Waals surface area contributed by atoms with Crippen LogP contribution in [0.2, 0.25) is 0 Å². The minimum Gasteiger partial charge on any atom is -0.363 e. The summed E-state index contributed by atoms with van der Waals surface area (Å²) < 4.78 is 0.438. The number of rotatable bonds is 1. The van der Waals surface area contributed by atoms with Crippen LogP contribution in [0.5, 0.6) is 0 Å². The van der Waals surface area contributed by atoms with Crippen molar-refractivity contribution in [2.45, 2.75) is 33.2 Å². The third-order valence-electron chi connectivity index (χ3n) is 3.84. The van der Waals surface area contributed by atoms with Gasteiger partial charge in [0.25, 0.3) is 5.91 Å². The lowest BCUT2D eigenvalue weighted by atomic mass is 10.1. The summed E-state index contributed by atoms with van der Waals surface area (Å²) >= 11 is 3.22. The zero-order chi connectivity index (χ0) is 13.4. The molecule has 2 atom stereocenters. The molecule has 2 heterocycles. The second-order valence-corrected chi connectivity index (χ2v) is 5.77. The van der Waals surface area contributed by atoms with Gasteiger partial charge in [0.05, 0.1) is 4.47 Å². The maximum atomic E-state index is 12.4. The van der Waals surface area contributed by atoms with Gasteiger partial charge < -0.3 is 9.88 Å². The van der Waals surface area contributed by atoms with Crippen molar-refractivity contribution in [3.05, 3.63) is 32.2 Å². The van der Waals surface area contributed by atoms with Crippen molar-refractivity contribution in [3.63, 3.8) is 0 Å². The quantitative estimate of drug-likeness (QED) is 0.865. The molecule has 1 amide bonds. The smallest absolute Gasteiger partial charge is 0.259 e. The zero-order valence-corrected chi connectivity index (χ0v) is 12.4. The Morgan fingerprint density at radius 2 is 2.17 bits per heavy atom. The van der Waals surface area contributed by atoms with Crippen molar-refractivity contribution in [2.75, 3.05) is 6.54 Å². The van der Waals surface area contributed by atoms with Gasteiger partial charge in [-0.05, 0) is 42.1 Å². The second kappa shape index (κ2) is 4.88. The lowest BCUT2D eigenvalue weighted by Gasteiger charge is -2.23. The number of aromatic nitrogens is 1. The molecule has 1 aromatic heterocycles. The minimum absolute atomic E-state index is 0.172. The van der Waals surface area contributed by atoms with Crippen molar-refractivity contribution < 1.29 is 4.79 Å². The number of hydrogen-bond acceptors (Lipinski definition) is 2. The summed E-state index contributed by atoms with van der Waals surface area (Å²) in [6.45, 7) is 6.69. The number of carbonyl (C=O) groups excluding carboxylic acids is 1. The third-order valence-corrected chi connectivity index (χ3v) is 4.79. The summed E-state index contributed by atoms with van der Waals surface area (Å²) in [5, 5.41) is 0. The normalized spacial score (nSPS) is 23.4. The van der Waals surface area contributed by atoms with E-state index in [0.29, 0.717) is 10.4 Å². The lowest BCUT2D eigenvalue weighted by molar-refractivity contribution is 0.0733. The molecule has 5 heteroatoms. The highest BCUT2D eigenvalue weighted by Gasteiger charge is 2.32. The molecule has 2 rings (SSSR count). The molecule has 0 aliphatic carbocycles. The monoisotopic (exact) mass is 312 g/mol. The molecule has 4 nitrogen and oxygen atoms in total. The summed E-state index contributed by atoms with van der Waals surface area (Å²) in [7, 11) is 0. The van der Waals surface area contributed by atoms with Crippen LogP contribution < -0.4 is 5.43 Å². The van der Waals surface area contributed by atoms with Crippen LogP contribution in [0.4, 0.5) is 0 Å². The number of likely N-dealkylation sites (tertiary alicyclic amines) is 1. The van der Waals surface area contributed by atoms with E-state index in [1.807, 2.05) is 6.92 Å². The molecule has 1 N–H and O–H groups in total. The van der Waals surface area contributed by atoms with Crippen LogP contribution in [0.25, 0.3) is 0 Å². The molecule has 1 aromatic rings. The van der Waals surface area contributed by atoms with Gasteiger partial charge in [0.2, 0.25) is 5.43 Å². The van der Waals surface area contributed by atoms with E-state index in [2.05, 4.69) is 27.8 Å². The first kappa shape index (κ1) is 13.3. The molecule has 98 valence electrons. The number of halogens is 1. The Balaban J connectivity index is 2.36. The van der Waals surface area contributed by atoms with E-state index < -0.39 is 0 Å². The van der Waals surface area contributed by atoms with Gasteiger partial charge in [0.15, 0.2) is 0 Å². The van der Waals surface area contributed by atoms with Gasteiger partial charge in [0, 0.05) is 24.5 Å². The summed E-state index contributed by atoms with van der Waals surface area (Å²) in [4.78, 5) is 29.2. The third kappa shape index (κ3) is 2.11. The molecule has 0 unspecified atom stereocenters. The molecule has 0 spiro atoms. The molecule has 1 saturated heterocycles. The molecule has 0 saturated carbocycles. The summed E-state index contributed by atoms with van der Waals surface area (Å²) in [5.41, 5.74) is 0.718. The van der Waals surface area contributed by atoms with Gasteiger partial charge in [-0.15, -0.1) is 0 Å². The zero-order valence-electron chi connectivity index (χ0n) is 10.8. The Morgan fingerprint density at radius 1 is 1.50 bits per heavy atom. The molecule has 18 heavy (non-hydrogen) atoms. The number of carbonyl (C=O) groups is 1. The largest absolute Gasteiger partial charge is 0.363 e. The molecule has 0 bridgehead atoms. The predicted molar refractivity (Wildman–Crippen MR) is 73.8 cm³/mol. The molecule has 1 aliphatic rings. The number of hydrogen-bond donors (Lipinski definition) is 1. The number of pyridine rings is 1. The van der Waals surface area contributed by atoms with Crippen LogP contribution in [0.15, 0.2) is 15.5 Å². The van der Waals surface area contributed by atoms with Gasteiger partial charge in [-0.25, -0.2) is 0 Å². The first-order valence-electron chi connectivity index (χ1n) is 6.12. The maximum Gasteiger partial charge on any atom is 0.259 e. The standard InChI is InChI=1S/C13H17BrN2O2/c1-7-4-5-16(9(7)3)13(18)10-6-15-8(2)11(14)12(10)17/h6-7,9H,4-5H2,1-3H3,(H,15,17)/t7-,9-/m1/s1. The Hall–Kier alpha value is -1.10. The fourth-order valence-corrected chi connectivity index (χ4v) is 2.62. The molecular weight excluding hydrogens is 296 g/mol. The average Bonchev–Trinajstić information content (AvgIpc) is 2.67. The van der Waals surface area contributed by atoms with Crippen molar-refractivity contribution in [3.8, 4) is 0 Å². The fourth-order valence-electron chi connectivity index (χ4n) is 2.29. The van der Waals surface area contributed by atoms with Crippen LogP contribution in [-0.4, -0.2) is 28.4 Å². The fraction of sp³-hybridized carbons (Fsp3) is 0.538. The summed E-state index contributed by atoms with van der Waals surface area (Å²) in [6.07, 6.45) is 2.51. The van der Waals surface area contributed by atoms with E-state index in [1.54, 1.807) is 11.8 Å². The van der Waals surface area contributed by atoms with Gasteiger partial charge in [-0.2, -0.15) is 0 Å².